The van der Waals surface area contributed by atoms with E-state index in [0.29, 0.717) is 5.88 Å². The molecule has 0 aromatic carbocycles. The monoisotopic (exact) mass is 246 g/mol. The summed E-state index contributed by atoms with van der Waals surface area (Å²) in [5.41, 5.74) is 1.07. The van der Waals surface area contributed by atoms with Crippen LogP contribution >= 0.6 is 0 Å². The van der Waals surface area contributed by atoms with Gasteiger partial charge in [0.05, 0.1) is 7.11 Å². The van der Waals surface area contributed by atoms with Crippen molar-refractivity contribution in [3.05, 3.63) is 42.1 Å². The van der Waals surface area contributed by atoms with E-state index in [0.717, 1.165) is 31.0 Å². The first-order chi connectivity index (χ1) is 8.81. The van der Waals surface area contributed by atoms with Gasteiger partial charge in [0.1, 0.15) is 5.82 Å². The van der Waals surface area contributed by atoms with E-state index in [4.69, 9.17) is 4.74 Å². The zero-order valence-corrected chi connectivity index (χ0v) is 10.8. The minimum Gasteiger partial charge on any atom is -0.481 e. The minimum atomic E-state index is 0.684. The van der Waals surface area contributed by atoms with Crippen molar-refractivity contribution in [3.63, 3.8) is 0 Å². The summed E-state index contributed by atoms with van der Waals surface area (Å²) in [6.45, 7) is 4.55. The van der Waals surface area contributed by atoms with Crippen molar-refractivity contribution < 1.29 is 4.74 Å². The van der Waals surface area contributed by atoms with Crippen LogP contribution in [0, 0.1) is 6.92 Å². The topological polar surface area (TPSA) is 52.0 Å². The summed E-state index contributed by atoms with van der Waals surface area (Å²) in [6.07, 6.45) is 5.54. The zero-order chi connectivity index (χ0) is 12.8. The molecule has 2 aromatic rings. The Hall–Kier alpha value is -1.88. The average Bonchev–Trinajstić information content (AvgIpc) is 2.81. The molecule has 2 rings (SSSR count). The van der Waals surface area contributed by atoms with E-state index in [9.17, 15) is 0 Å². The molecule has 18 heavy (non-hydrogen) atoms. The largest absolute Gasteiger partial charge is 0.481 e. The van der Waals surface area contributed by atoms with Crippen LogP contribution in [0.25, 0.3) is 0 Å². The Morgan fingerprint density at radius 1 is 1.33 bits per heavy atom. The summed E-state index contributed by atoms with van der Waals surface area (Å²) in [7, 11) is 1.64. The third-order valence-electron chi connectivity index (χ3n) is 2.81. The number of rotatable bonds is 6. The van der Waals surface area contributed by atoms with E-state index in [2.05, 4.69) is 19.9 Å². The van der Waals surface area contributed by atoms with Crippen LogP contribution in [0.15, 0.2) is 30.7 Å². The molecular formula is C13H18N4O. The van der Waals surface area contributed by atoms with Crippen LogP contribution in [0.1, 0.15) is 11.4 Å². The van der Waals surface area contributed by atoms with Crippen molar-refractivity contribution in [2.24, 2.45) is 0 Å². The fraction of sp³-hybridized carbons (Fsp3) is 0.385. The molecule has 0 aliphatic rings. The molecule has 96 valence electrons. The Labute approximate surface area is 107 Å². The summed E-state index contributed by atoms with van der Waals surface area (Å²) >= 11 is 0. The lowest BCUT2D eigenvalue weighted by Crippen LogP contribution is -2.20. The molecule has 5 nitrogen and oxygen atoms in total. The molecule has 0 aliphatic carbocycles. The van der Waals surface area contributed by atoms with Gasteiger partial charge in [-0.05, 0) is 13.0 Å². The van der Waals surface area contributed by atoms with Crippen molar-refractivity contribution in [2.75, 3.05) is 13.7 Å². The Balaban J connectivity index is 1.80. The quantitative estimate of drug-likeness (QED) is 0.782. The predicted molar refractivity (Wildman–Crippen MR) is 69.5 cm³/mol. The second-order valence-electron chi connectivity index (χ2n) is 4.02. The van der Waals surface area contributed by atoms with Crippen LogP contribution in [0.2, 0.25) is 0 Å². The lowest BCUT2D eigenvalue weighted by atomic mass is 10.2. The molecule has 0 bridgehead atoms. The Morgan fingerprint density at radius 3 is 2.94 bits per heavy atom. The number of aryl methyl sites for hydroxylation is 1. The average molecular weight is 246 g/mol. The van der Waals surface area contributed by atoms with Crippen LogP contribution in [0.4, 0.5) is 0 Å². The number of hydrogen-bond acceptors (Lipinski definition) is 4. The number of nitrogens with zero attached hydrogens (tertiary/aromatic N) is 3. The normalized spacial score (nSPS) is 10.6. The van der Waals surface area contributed by atoms with Crippen LogP contribution in [-0.2, 0) is 13.1 Å². The van der Waals surface area contributed by atoms with E-state index < -0.39 is 0 Å². The molecule has 0 amide bonds. The molecule has 0 atom stereocenters. The third kappa shape index (κ3) is 3.07. The number of imidazole rings is 1. The van der Waals surface area contributed by atoms with E-state index >= 15 is 0 Å². The maximum Gasteiger partial charge on any atom is 0.217 e. The number of methoxy groups -OCH3 is 1. The van der Waals surface area contributed by atoms with Crippen LogP contribution < -0.4 is 10.1 Å². The number of nitrogens with one attached hydrogen (secondary N) is 1. The molecule has 0 spiro atoms. The molecule has 5 heteroatoms. The van der Waals surface area contributed by atoms with E-state index in [1.54, 1.807) is 13.3 Å². The zero-order valence-electron chi connectivity index (χ0n) is 10.8. The summed E-state index contributed by atoms with van der Waals surface area (Å²) < 4.78 is 7.32. The molecular weight excluding hydrogens is 228 g/mol. The molecule has 0 fully saturated rings. The van der Waals surface area contributed by atoms with Gasteiger partial charge >= 0.3 is 0 Å². The van der Waals surface area contributed by atoms with E-state index in [1.165, 1.54) is 0 Å². The smallest absolute Gasteiger partial charge is 0.217 e. The number of ether oxygens (including phenoxy) is 1. The highest BCUT2D eigenvalue weighted by Crippen LogP contribution is 2.12. The summed E-state index contributed by atoms with van der Waals surface area (Å²) in [5.74, 6) is 1.72. The second kappa shape index (κ2) is 6.16. The maximum absolute atomic E-state index is 5.20. The lowest BCUT2D eigenvalue weighted by Gasteiger charge is -2.09. The molecule has 2 heterocycles. The molecule has 0 saturated carbocycles. The molecule has 0 unspecified atom stereocenters. The highest BCUT2D eigenvalue weighted by molar-refractivity contribution is 5.24. The molecule has 0 aliphatic heterocycles. The summed E-state index contributed by atoms with van der Waals surface area (Å²) in [4.78, 5) is 8.35. The van der Waals surface area contributed by atoms with Gasteiger partial charge in [0, 0.05) is 43.8 Å². The van der Waals surface area contributed by atoms with Crippen molar-refractivity contribution in [3.8, 4) is 5.88 Å². The van der Waals surface area contributed by atoms with Gasteiger partial charge in [-0.1, -0.05) is 6.07 Å². The van der Waals surface area contributed by atoms with E-state index in [1.807, 2.05) is 31.5 Å². The van der Waals surface area contributed by atoms with Crippen LogP contribution in [-0.4, -0.2) is 28.2 Å². The van der Waals surface area contributed by atoms with E-state index in [-0.39, 0.29) is 0 Å². The van der Waals surface area contributed by atoms with Crippen LogP contribution in [0.5, 0.6) is 5.88 Å². The summed E-state index contributed by atoms with van der Waals surface area (Å²) in [6, 6.07) is 3.93. The van der Waals surface area contributed by atoms with Gasteiger partial charge in [0.25, 0.3) is 0 Å². The third-order valence-corrected chi connectivity index (χ3v) is 2.81. The predicted octanol–water partition coefficient (Wildman–Crippen LogP) is 1.38. The highest BCUT2D eigenvalue weighted by atomic mass is 16.5. The first kappa shape index (κ1) is 12.6. The fourth-order valence-corrected chi connectivity index (χ4v) is 1.81. The Morgan fingerprint density at radius 2 is 2.22 bits per heavy atom. The van der Waals surface area contributed by atoms with Gasteiger partial charge < -0.3 is 14.6 Å². The molecule has 1 N–H and O–H groups in total. The number of hydrogen-bond donors (Lipinski definition) is 1. The van der Waals surface area contributed by atoms with Gasteiger partial charge in [0.15, 0.2) is 0 Å². The van der Waals surface area contributed by atoms with Gasteiger partial charge in [0.2, 0.25) is 5.88 Å². The number of aromatic nitrogens is 3. The Bertz CT molecular complexity index is 495. The first-order valence-electron chi connectivity index (χ1n) is 5.97. The van der Waals surface area contributed by atoms with Gasteiger partial charge in [-0.25, -0.2) is 9.97 Å². The summed E-state index contributed by atoms with van der Waals surface area (Å²) in [5, 5.41) is 3.37. The van der Waals surface area contributed by atoms with Crippen molar-refractivity contribution in [1.82, 2.24) is 19.9 Å². The van der Waals surface area contributed by atoms with Crippen molar-refractivity contribution in [1.29, 1.82) is 0 Å². The van der Waals surface area contributed by atoms with Gasteiger partial charge in [-0.2, -0.15) is 0 Å². The van der Waals surface area contributed by atoms with Crippen molar-refractivity contribution in [2.45, 2.75) is 20.0 Å². The number of pyridine rings is 1. The van der Waals surface area contributed by atoms with Gasteiger partial charge in [-0.3, -0.25) is 0 Å². The maximum atomic E-state index is 5.20. The molecule has 0 saturated heterocycles. The molecule has 2 aromatic heterocycles. The van der Waals surface area contributed by atoms with Crippen LogP contribution in [0.3, 0.4) is 0 Å². The Kier molecular flexibility index (Phi) is 4.30. The SMILES string of the molecule is COc1ncccc1CNCCn1ccnc1C. The minimum absolute atomic E-state index is 0.684. The second-order valence-corrected chi connectivity index (χ2v) is 4.02. The van der Waals surface area contributed by atoms with Crippen molar-refractivity contribution >= 4 is 0 Å². The first-order valence-corrected chi connectivity index (χ1v) is 5.97. The molecule has 0 radical (unpaired) electrons. The highest BCUT2D eigenvalue weighted by Gasteiger charge is 2.02. The van der Waals surface area contributed by atoms with Gasteiger partial charge in [-0.15, -0.1) is 0 Å². The fourth-order valence-electron chi connectivity index (χ4n) is 1.81. The standard InChI is InChI=1S/C13H18N4O/c1-11-15-7-9-17(11)8-6-14-10-12-4-3-5-16-13(12)18-2/h3-5,7,9,14H,6,8,10H2,1-2H3. The lowest BCUT2D eigenvalue weighted by molar-refractivity contribution is 0.390.